The monoisotopic (exact) mass is 338 g/mol. The molecule has 9 nitrogen and oxygen atoms in total. The van der Waals surface area contributed by atoms with Crippen LogP contribution in [0.4, 0.5) is 5.95 Å². The summed E-state index contributed by atoms with van der Waals surface area (Å²) < 4.78 is 9.40. The van der Waals surface area contributed by atoms with E-state index in [0.29, 0.717) is 5.75 Å². The second kappa shape index (κ2) is 7.73. The first kappa shape index (κ1) is 16.2. The van der Waals surface area contributed by atoms with Gasteiger partial charge in [-0.3, -0.25) is 4.57 Å². The fourth-order valence-electron chi connectivity index (χ4n) is 2.50. The number of thioether (sulfide) groups is 1. The molecule has 1 saturated heterocycles. The van der Waals surface area contributed by atoms with Gasteiger partial charge in [0.2, 0.25) is 5.95 Å². The van der Waals surface area contributed by atoms with Crippen LogP contribution in [-0.4, -0.2) is 61.3 Å². The van der Waals surface area contributed by atoms with Gasteiger partial charge in [0.25, 0.3) is 0 Å². The van der Waals surface area contributed by atoms with Gasteiger partial charge in [-0.15, -0.1) is 15.3 Å². The summed E-state index contributed by atoms with van der Waals surface area (Å²) in [6.45, 7) is 9.09. The molecule has 0 aliphatic carbocycles. The lowest BCUT2D eigenvalue weighted by atomic mass is 10.4. The maximum Gasteiger partial charge on any atom is 0.228 e. The number of tetrazole rings is 1. The van der Waals surface area contributed by atoms with Crippen molar-refractivity contribution >= 4 is 17.7 Å². The van der Waals surface area contributed by atoms with Crippen molar-refractivity contribution in [3.05, 3.63) is 5.82 Å². The molecule has 0 radical (unpaired) electrons. The molecular weight excluding hydrogens is 316 g/mol. The van der Waals surface area contributed by atoms with Gasteiger partial charge in [0.1, 0.15) is 0 Å². The minimum absolute atomic E-state index is 0.689. The maximum atomic E-state index is 5.40. The second-order valence-electron chi connectivity index (χ2n) is 5.23. The Bertz CT molecular complexity index is 621. The fraction of sp³-hybridized carbons (Fsp3) is 0.769. The lowest BCUT2D eigenvalue weighted by Gasteiger charge is -2.27. The van der Waals surface area contributed by atoms with Crippen LogP contribution >= 0.6 is 11.8 Å². The third-order valence-corrected chi connectivity index (χ3v) is 4.64. The van der Waals surface area contributed by atoms with E-state index in [-0.39, 0.29) is 0 Å². The molecule has 0 aromatic carbocycles. The van der Waals surface area contributed by atoms with Crippen LogP contribution < -0.4 is 4.90 Å². The Kier molecular flexibility index (Phi) is 5.44. The molecule has 23 heavy (non-hydrogen) atoms. The number of anilines is 1. The Morgan fingerprint density at radius 2 is 1.96 bits per heavy atom. The van der Waals surface area contributed by atoms with Crippen molar-refractivity contribution in [2.24, 2.45) is 0 Å². The van der Waals surface area contributed by atoms with Crippen LogP contribution in [0.3, 0.4) is 0 Å². The van der Waals surface area contributed by atoms with Gasteiger partial charge in [0, 0.05) is 26.2 Å². The van der Waals surface area contributed by atoms with Crippen LogP contribution in [0, 0.1) is 0 Å². The molecule has 10 heteroatoms. The third kappa shape index (κ3) is 3.63. The van der Waals surface area contributed by atoms with Crippen molar-refractivity contribution in [2.75, 3.05) is 31.2 Å². The van der Waals surface area contributed by atoms with Crippen LogP contribution in [-0.2, 0) is 23.6 Å². The molecule has 0 bridgehead atoms. The van der Waals surface area contributed by atoms with Gasteiger partial charge >= 0.3 is 0 Å². The lowest BCUT2D eigenvalue weighted by molar-refractivity contribution is 0.121. The predicted octanol–water partition coefficient (Wildman–Crippen LogP) is 0.823. The minimum atomic E-state index is 0.689. The van der Waals surface area contributed by atoms with Crippen LogP contribution in [0.5, 0.6) is 0 Å². The Labute approximate surface area is 139 Å². The molecule has 0 atom stereocenters. The smallest absolute Gasteiger partial charge is 0.228 e. The first-order valence-electron chi connectivity index (χ1n) is 7.97. The van der Waals surface area contributed by atoms with E-state index >= 15 is 0 Å². The zero-order chi connectivity index (χ0) is 16.1. The van der Waals surface area contributed by atoms with E-state index in [2.05, 4.69) is 49.0 Å². The highest BCUT2D eigenvalue weighted by Crippen LogP contribution is 2.24. The van der Waals surface area contributed by atoms with Gasteiger partial charge < -0.3 is 9.64 Å². The first-order chi connectivity index (χ1) is 11.3. The number of rotatable bonds is 7. The van der Waals surface area contributed by atoms with E-state index in [1.165, 1.54) is 0 Å². The number of hydrogen-bond acceptors (Lipinski definition) is 8. The van der Waals surface area contributed by atoms with Crippen molar-refractivity contribution in [3.63, 3.8) is 0 Å². The molecule has 1 aliphatic rings. The highest BCUT2D eigenvalue weighted by atomic mass is 32.2. The number of ether oxygens (including phenoxy) is 1. The molecule has 0 unspecified atom stereocenters. The molecule has 0 saturated carbocycles. The van der Waals surface area contributed by atoms with Gasteiger partial charge in [-0.1, -0.05) is 18.7 Å². The SMILES string of the molecule is CCCn1nnnc1CSc1nnc(N2CCOCC2)n1CC. The van der Waals surface area contributed by atoms with E-state index < -0.39 is 0 Å². The zero-order valence-electron chi connectivity index (χ0n) is 13.6. The fourth-order valence-corrected chi connectivity index (χ4v) is 3.43. The number of hydrogen-bond donors (Lipinski definition) is 0. The van der Waals surface area contributed by atoms with Crippen LogP contribution in [0.25, 0.3) is 0 Å². The highest BCUT2D eigenvalue weighted by molar-refractivity contribution is 7.98. The molecule has 1 aliphatic heterocycles. The number of aryl methyl sites for hydroxylation is 1. The largest absolute Gasteiger partial charge is 0.378 e. The summed E-state index contributed by atoms with van der Waals surface area (Å²) in [5.41, 5.74) is 0. The molecular formula is C13H22N8OS. The van der Waals surface area contributed by atoms with Gasteiger partial charge in [-0.2, -0.15) is 0 Å². The molecule has 2 aromatic heterocycles. The van der Waals surface area contributed by atoms with Gasteiger partial charge in [0.15, 0.2) is 11.0 Å². The van der Waals surface area contributed by atoms with Crippen molar-refractivity contribution in [3.8, 4) is 0 Å². The van der Waals surface area contributed by atoms with Gasteiger partial charge in [-0.25, -0.2) is 4.68 Å². The van der Waals surface area contributed by atoms with Crippen molar-refractivity contribution in [1.29, 1.82) is 0 Å². The van der Waals surface area contributed by atoms with E-state index in [4.69, 9.17) is 4.74 Å². The minimum Gasteiger partial charge on any atom is -0.378 e. The summed E-state index contributed by atoms with van der Waals surface area (Å²) in [4.78, 5) is 2.23. The Hall–Kier alpha value is -1.68. The first-order valence-corrected chi connectivity index (χ1v) is 8.95. The summed E-state index contributed by atoms with van der Waals surface area (Å²) in [5.74, 6) is 2.48. The number of aromatic nitrogens is 7. The van der Waals surface area contributed by atoms with Crippen LogP contribution in [0.2, 0.25) is 0 Å². The van der Waals surface area contributed by atoms with Crippen molar-refractivity contribution < 1.29 is 4.74 Å². The molecule has 126 valence electrons. The summed E-state index contributed by atoms with van der Waals surface area (Å²) in [6, 6.07) is 0. The Morgan fingerprint density at radius 1 is 1.13 bits per heavy atom. The van der Waals surface area contributed by atoms with Crippen LogP contribution in [0.15, 0.2) is 5.16 Å². The lowest BCUT2D eigenvalue weighted by Crippen LogP contribution is -2.38. The average molecular weight is 338 g/mol. The third-order valence-electron chi connectivity index (χ3n) is 3.68. The zero-order valence-corrected chi connectivity index (χ0v) is 14.4. The normalized spacial score (nSPS) is 15.3. The molecule has 3 heterocycles. The quantitative estimate of drug-likeness (QED) is 0.686. The van der Waals surface area contributed by atoms with Gasteiger partial charge in [-0.05, 0) is 23.8 Å². The summed E-state index contributed by atoms with van der Waals surface area (Å²) >= 11 is 1.62. The standard InChI is InChI=1S/C13H22N8OS/c1-3-5-21-11(14-17-18-21)10-23-13-16-15-12(20(13)4-2)19-6-8-22-9-7-19/h3-10H2,1-2H3. The molecule has 2 aromatic rings. The molecule has 0 amide bonds. The topological polar surface area (TPSA) is 86.8 Å². The molecule has 0 N–H and O–H groups in total. The van der Waals surface area contributed by atoms with E-state index in [1.807, 2.05) is 4.68 Å². The average Bonchev–Trinajstić information content (AvgIpc) is 3.20. The molecule has 1 fully saturated rings. The molecule has 0 spiro atoms. The second-order valence-corrected chi connectivity index (χ2v) is 6.18. The summed E-state index contributed by atoms with van der Waals surface area (Å²) in [6.07, 6.45) is 1.01. The van der Waals surface area contributed by atoms with E-state index in [1.54, 1.807) is 11.8 Å². The maximum absolute atomic E-state index is 5.40. The number of nitrogens with zero attached hydrogens (tertiary/aromatic N) is 8. The Morgan fingerprint density at radius 3 is 2.70 bits per heavy atom. The summed E-state index contributed by atoms with van der Waals surface area (Å²) in [5, 5.41) is 21.5. The predicted molar refractivity (Wildman–Crippen MR) is 86.4 cm³/mol. The number of morpholine rings is 1. The summed E-state index contributed by atoms with van der Waals surface area (Å²) in [7, 11) is 0. The Balaban J connectivity index is 1.70. The van der Waals surface area contributed by atoms with Crippen molar-refractivity contribution in [1.82, 2.24) is 35.0 Å². The van der Waals surface area contributed by atoms with E-state index in [9.17, 15) is 0 Å². The molecule has 3 rings (SSSR count). The van der Waals surface area contributed by atoms with Crippen molar-refractivity contribution in [2.45, 2.75) is 44.3 Å². The van der Waals surface area contributed by atoms with Gasteiger partial charge in [0.05, 0.1) is 19.0 Å². The van der Waals surface area contributed by atoms with E-state index in [0.717, 1.165) is 62.7 Å². The highest BCUT2D eigenvalue weighted by Gasteiger charge is 2.20. The van der Waals surface area contributed by atoms with Crippen LogP contribution in [0.1, 0.15) is 26.1 Å².